The monoisotopic (exact) mass is 316 g/mol. The molecule has 0 aromatic carbocycles. The van der Waals surface area contributed by atoms with Gasteiger partial charge in [-0.2, -0.15) is 5.10 Å². The van der Waals surface area contributed by atoms with Crippen LogP contribution in [0.5, 0.6) is 0 Å². The summed E-state index contributed by atoms with van der Waals surface area (Å²) in [5.41, 5.74) is 0.710. The lowest BCUT2D eigenvalue weighted by Gasteiger charge is -2.17. The van der Waals surface area contributed by atoms with Gasteiger partial charge in [0.05, 0.1) is 18.1 Å². The summed E-state index contributed by atoms with van der Waals surface area (Å²) in [5.74, 6) is -0.0867. The zero-order valence-corrected chi connectivity index (χ0v) is 12.7. The molecule has 3 heterocycles. The molecule has 0 saturated carbocycles. The molecule has 2 aromatic rings. The Morgan fingerprint density at radius 1 is 1.39 bits per heavy atom. The minimum Gasteiger partial charge on any atom is -0.476 e. The van der Waals surface area contributed by atoms with Gasteiger partial charge in [-0.1, -0.05) is 0 Å². The molecule has 3 rings (SSSR count). The van der Waals surface area contributed by atoms with Crippen molar-refractivity contribution < 1.29 is 14.7 Å². The van der Waals surface area contributed by atoms with Crippen molar-refractivity contribution in [3.63, 3.8) is 0 Å². The van der Waals surface area contributed by atoms with E-state index in [1.54, 1.807) is 16.6 Å². The molecule has 1 unspecified atom stereocenters. The molecule has 1 saturated heterocycles. The molecular formula is C14H16N6O3. The first-order valence-corrected chi connectivity index (χ1v) is 7.09. The summed E-state index contributed by atoms with van der Waals surface area (Å²) in [6.07, 6.45) is 3.09. The Morgan fingerprint density at radius 2 is 2.17 bits per heavy atom. The average Bonchev–Trinajstić information content (AvgIpc) is 3.02. The molecule has 9 nitrogen and oxygen atoms in total. The second-order valence-electron chi connectivity index (χ2n) is 5.34. The van der Waals surface area contributed by atoms with Crippen LogP contribution in [-0.4, -0.2) is 49.3 Å². The summed E-state index contributed by atoms with van der Waals surface area (Å²) in [6.45, 7) is 2.45. The molecule has 23 heavy (non-hydrogen) atoms. The van der Waals surface area contributed by atoms with Crippen LogP contribution in [-0.2, 0) is 11.8 Å². The van der Waals surface area contributed by atoms with E-state index in [1.807, 2.05) is 13.0 Å². The lowest BCUT2D eigenvalue weighted by Crippen LogP contribution is -2.34. The SMILES string of the molecule is Cc1cc(N2CCC(Nc3cnc(C(=O)O)cn3)C2=O)n(C)n1. The van der Waals surface area contributed by atoms with Crippen LogP contribution in [0.15, 0.2) is 18.5 Å². The number of aryl methyl sites for hydroxylation is 2. The Morgan fingerprint density at radius 3 is 2.74 bits per heavy atom. The van der Waals surface area contributed by atoms with E-state index in [-0.39, 0.29) is 11.6 Å². The standard InChI is InChI=1S/C14H16N6O3/c1-8-5-12(19(2)18-8)20-4-3-9(13(20)21)17-11-7-15-10(6-16-11)14(22)23/h5-7,9H,3-4H2,1-2H3,(H,16,17)(H,22,23). The Bertz CT molecular complexity index is 754. The van der Waals surface area contributed by atoms with Gasteiger partial charge in [0, 0.05) is 19.7 Å². The van der Waals surface area contributed by atoms with E-state index in [1.165, 1.54) is 6.20 Å². The van der Waals surface area contributed by atoms with Gasteiger partial charge >= 0.3 is 5.97 Å². The fourth-order valence-electron chi connectivity index (χ4n) is 2.58. The van der Waals surface area contributed by atoms with Gasteiger partial charge in [-0.3, -0.25) is 14.4 Å². The number of carboxylic acid groups (broad SMARTS) is 1. The van der Waals surface area contributed by atoms with Crippen LogP contribution in [0.4, 0.5) is 11.6 Å². The van der Waals surface area contributed by atoms with E-state index in [0.29, 0.717) is 18.8 Å². The molecule has 120 valence electrons. The minimum absolute atomic E-state index is 0.0721. The molecule has 1 amide bonds. The fraction of sp³-hybridized carbons (Fsp3) is 0.357. The smallest absolute Gasteiger partial charge is 0.356 e. The van der Waals surface area contributed by atoms with Crippen LogP contribution in [0.2, 0.25) is 0 Å². The van der Waals surface area contributed by atoms with Crippen LogP contribution in [0.25, 0.3) is 0 Å². The zero-order chi connectivity index (χ0) is 16.6. The van der Waals surface area contributed by atoms with E-state index in [4.69, 9.17) is 5.11 Å². The number of aromatic carboxylic acids is 1. The highest BCUT2D eigenvalue weighted by Crippen LogP contribution is 2.23. The number of nitrogens with one attached hydrogen (secondary N) is 1. The predicted molar refractivity (Wildman–Crippen MR) is 81.3 cm³/mol. The molecule has 0 bridgehead atoms. The molecule has 1 atom stereocenters. The minimum atomic E-state index is -1.14. The first-order valence-electron chi connectivity index (χ1n) is 7.09. The van der Waals surface area contributed by atoms with Crippen LogP contribution in [0.3, 0.4) is 0 Å². The van der Waals surface area contributed by atoms with Crippen LogP contribution < -0.4 is 10.2 Å². The number of hydrogen-bond acceptors (Lipinski definition) is 6. The maximum absolute atomic E-state index is 12.5. The summed E-state index contributed by atoms with van der Waals surface area (Å²) in [6, 6.07) is 1.44. The van der Waals surface area contributed by atoms with E-state index in [0.717, 1.165) is 17.7 Å². The summed E-state index contributed by atoms with van der Waals surface area (Å²) >= 11 is 0. The summed E-state index contributed by atoms with van der Waals surface area (Å²) < 4.78 is 1.68. The number of amides is 1. The second-order valence-corrected chi connectivity index (χ2v) is 5.34. The van der Waals surface area contributed by atoms with Crippen molar-refractivity contribution in [1.82, 2.24) is 19.7 Å². The average molecular weight is 316 g/mol. The molecule has 0 radical (unpaired) electrons. The number of carbonyl (C=O) groups excluding carboxylic acids is 1. The van der Waals surface area contributed by atoms with Gasteiger partial charge in [0.15, 0.2) is 5.69 Å². The zero-order valence-electron chi connectivity index (χ0n) is 12.7. The number of nitrogens with zero attached hydrogens (tertiary/aromatic N) is 5. The third kappa shape index (κ3) is 2.85. The molecule has 1 fully saturated rings. The van der Waals surface area contributed by atoms with Crippen molar-refractivity contribution in [2.45, 2.75) is 19.4 Å². The molecule has 0 spiro atoms. The number of carboxylic acids is 1. The first-order chi connectivity index (χ1) is 11.0. The maximum atomic E-state index is 12.5. The number of anilines is 2. The van der Waals surface area contributed by atoms with Crippen LogP contribution in [0.1, 0.15) is 22.6 Å². The van der Waals surface area contributed by atoms with Crippen molar-refractivity contribution >= 4 is 23.5 Å². The van der Waals surface area contributed by atoms with Gasteiger partial charge in [-0.25, -0.2) is 14.8 Å². The van der Waals surface area contributed by atoms with Crippen molar-refractivity contribution in [2.24, 2.45) is 7.05 Å². The number of aromatic nitrogens is 4. The Kier molecular flexibility index (Phi) is 3.68. The molecular weight excluding hydrogens is 300 g/mol. The fourth-order valence-corrected chi connectivity index (χ4v) is 2.58. The van der Waals surface area contributed by atoms with Gasteiger partial charge < -0.3 is 10.4 Å². The largest absolute Gasteiger partial charge is 0.476 e. The lowest BCUT2D eigenvalue weighted by atomic mass is 10.2. The van der Waals surface area contributed by atoms with E-state index in [2.05, 4.69) is 20.4 Å². The van der Waals surface area contributed by atoms with Crippen molar-refractivity contribution in [3.8, 4) is 0 Å². The Labute approximate surface area is 132 Å². The summed E-state index contributed by atoms with van der Waals surface area (Å²) in [4.78, 5) is 32.7. The van der Waals surface area contributed by atoms with Crippen molar-refractivity contribution in [1.29, 1.82) is 0 Å². The molecule has 0 aliphatic carbocycles. The van der Waals surface area contributed by atoms with Crippen LogP contribution in [0, 0.1) is 6.92 Å². The third-order valence-corrected chi connectivity index (χ3v) is 3.65. The van der Waals surface area contributed by atoms with E-state index in [9.17, 15) is 9.59 Å². The maximum Gasteiger partial charge on any atom is 0.356 e. The van der Waals surface area contributed by atoms with Crippen LogP contribution >= 0.6 is 0 Å². The Hall–Kier alpha value is -2.97. The second kappa shape index (κ2) is 5.67. The quantitative estimate of drug-likeness (QED) is 0.841. The molecule has 1 aliphatic rings. The summed E-state index contributed by atoms with van der Waals surface area (Å²) in [7, 11) is 1.80. The normalized spacial score (nSPS) is 17.6. The van der Waals surface area contributed by atoms with Gasteiger partial charge in [0.1, 0.15) is 17.7 Å². The first kappa shape index (κ1) is 14.9. The number of hydrogen-bond donors (Lipinski definition) is 2. The topological polar surface area (TPSA) is 113 Å². The Balaban J connectivity index is 1.72. The lowest BCUT2D eigenvalue weighted by molar-refractivity contribution is -0.117. The highest BCUT2D eigenvalue weighted by molar-refractivity contribution is 6.00. The molecule has 1 aliphatic heterocycles. The molecule has 2 aromatic heterocycles. The van der Waals surface area contributed by atoms with E-state index < -0.39 is 12.0 Å². The molecule has 2 N–H and O–H groups in total. The van der Waals surface area contributed by atoms with Crippen molar-refractivity contribution in [3.05, 3.63) is 29.8 Å². The van der Waals surface area contributed by atoms with Gasteiger partial charge in [-0.05, 0) is 13.3 Å². The third-order valence-electron chi connectivity index (χ3n) is 3.65. The number of carbonyl (C=O) groups is 2. The highest BCUT2D eigenvalue weighted by Gasteiger charge is 2.34. The highest BCUT2D eigenvalue weighted by atomic mass is 16.4. The van der Waals surface area contributed by atoms with Crippen molar-refractivity contribution in [2.75, 3.05) is 16.8 Å². The summed E-state index contributed by atoms with van der Waals surface area (Å²) in [5, 5.41) is 16.0. The van der Waals surface area contributed by atoms with E-state index >= 15 is 0 Å². The predicted octanol–water partition coefficient (Wildman–Crippen LogP) is 0.434. The van der Waals surface area contributed by atoms with Gasteiger partial charge in [0.25, 0.3) is 5.91 Å². The van der Waals surface area contributed by atoms with Gasteiger partial charge in [0.2, 0.25) is 0 Å². The molecule has 9 heteroatoms. The number of rotatable bonds is 4. The van der Waals surface area contributed by atoms with Gasteiger partial charge in [-0.15, -0.1) is 0 Å².